The zero-order chi connectivity index (χ0) is 28.6. The van der Waals surface area contributed by atoms with E-state index in [2.05, 4.69) is 10.3 Å². The van der Waals surface area contributed by atoms with Crippen molar-refractivity contribution in [2.45, 2.75) is 31.8 Å². The topological polar surface area (TPSA) is 113 Å². The number of nitrogens with one attached hydrogen (secondary N) is 1. The quantitative estimate of drug-likeness (QED) is 0.489. The number of ether oxygens (including phenoxy) is 2. The van der Waals surface area contributed by atoms with Gasteiger partial charge in [0.05, 0.1) is 36.3 Å². The Balaban J connectivity index is 1.61. The Morgan fingerprint density at radius 2 is 2.12 bits per heavy atom. The minimum Gasteiger partial charge on any atom is -0.469 e. The molecule has 0 aliphatic carbocycles. The Morgan fingerprint density at radius 1 is 1.32 bits per heavy atom. The monoisotopic (exact) mass is 589 g/mol. The number of amides is 2. The minimum atomic E-state index is -0.978. The van der Waals surface area contributed by atoms with Gasteiger partial charge in [-0.25, -0.2) is 19.0 Å². The third-order valence-electron chi connectivity index (χ3n) is 7.57. The Hall–Kier alpha value is -3.51. The third kappa shape index (κ3) is 5.05. The van der Waals surface area contributed by atoms with Crippen LogP contribution >= 0.6 is 22.9 Å². The van der Waals surface area contributed by atoms with E-state index in [1.807, 2.05) is 0 Å². The summed E-state index contributed by atoms with van der Waals surface area (Å²) in [6.45, 7) is 2.65. The van der Waals surface area contributed by atoms with Crippen molar-refractivity contribution in [3.63, 3.8) is 0 Å². The van der Waals surface area contributed by atoms with E-state index in [1.165, 1.54) is 30.6 Å². The van der Waals surface area contributed by atoms with E-state index in [9.17, 15) is 18.8 Å². The van der Waals surface area contributed by atoms with Crippen molar-refractivity contribution in [3.05, 3.63) is 62.5 Å². The Kier molecular flexibility index (Phi) is 8.09. The van der Waals surface area contributed by atoms with Crippen molar-refractivity contribution in [3.8, 4) is 0 Å². The van der Waals surface area contributed by atoms with Crippen molar-refractivity contribution < 1.29 is 28.2 Å². The summed E-state index contributed by atoms with van der Waals surface area (Å²) in [7, 11) is 3.04. The highest BCUT2D eigenvalue weighted by Gasteiger charge is 2.50. The summed E-state index contributed by atoms with van der Waals surface area (Å²) in [5.41, 5.74) is 0.967. The van der Waals surface area contributed by atoms with Crippen LogP contribution in [0.2, 0.25) is 5.02 Å². The first-order chi connectivity index (χ1) is 19.2. The molecule has 0 saturated carbocycles. The first-order valence-corrected chi connectivity index (χ1v) is 14.2. The molecule has 0 radical (unpaired) electrons. The van der Waals surface area contributed by atoms with E-state index in [0.29, 0.717) is 41.6 Å². The molecule has 2 aromatic rings. The van der Waals surface area contributed by atoms with E-state index in [1.54, 1.807) is 41.4 Å². The number of thiazole rings is 1. The average Bonchev–Trinajstić information content (AvgIpc) is 3.58. The van der Waals surface area contributed by atoms with Gasteiger partial charge in [-0.2, -0.15) is 0 Å². The fourth-order valence-corrected chi connectivity index (χ4v) is 6.59. The molecule has 2 saturated heterocycles. The molecule has 2 fully saturated rings. The number of benzene rings is 1. The molecule has 10 nitrogen and oxygen atoms in total. The summed E-state index contributed by atoms with van der Waals surface area (Å²) >= 11 is 7.75. The minimum absolute atomic E-state index is 0.113. The normalized spacial score (nSPS) is 24.4. The second-order valence-corrected chi connectivity index (χ2v) is 11.1. The molecule has 3 aliphatic heterocycles. The third-order valence-corrected chi connectivity index (χ3v) is 8.75. The molecule has 2 amide bonds. The number of piperidine rings is 1. The van der Waals surface area contributed by atoms with Crippen LogP contribution < -0.4 is 5.32 Å². The van der Waals surface area contributed by atoms with Crippen LogP contribution in [0.25, 0.3) is 0 Å². The lowest BCUT2D eigenvalue weighted by Crippen LogP contribution is -2.51. The highest BCUT2D eigenvalue weighted by atomic mass is 35.5. The first-order valence-electron chi connectivity index (χ1n) is 12.9. The van der Waals surface area contributed by atoms with Crippen molar-refractivity contribution in [2.75, 3.05) is 33.9 Å². The van der Waals surface area contributed by atoms with Gasteiger partial charge in [-0.05, 0) is 31.7 Å². The largest absolute Gasteiger partial charge is 0.469 e. The Labute approximate surface area is 239 Å². The number of nitrogens with zero attached hydrogens (tertiary/aromatic N) is 4. The van der Waals surface area contributed by atoms with Gasteiger partial charge in [0.2, 0.25) is 0 Å². The molecule has 4 atom stereocenters. The van der Waals surface area contributed by atoms with Gasteiger partial charge in [-0.1, -0.05) is 23.7 Å². The SMILES string of the molecule is CCOC(=O)C1=C(CC2CCN3C(=O)N(C)C[C@H]3[C@@H]2C(=O)OC)NC(c2nccs2)=N[C@H]1c1cccc(F)c1Cl. The van der Waals surface area contributed by atoms with Crippen molar-refractivity contribution in [1.82, 2.24) is 20.1 Å². The van der Waals surface area contributed by atoms with Gasteiger partial charge in [-0.3, -0.25) is 9.79 Å². The van der Waals surface area contributed by atoms with Gasteiger partial charge in [0.25, 0.3) is 0 Å². The summed E-state index contributed by atoms with van der Waals surface area (Å²) in [5, 5.41) is 5.50. The van der Waals surface area contributed by atoms with Gasteiger partial charge >= 0.3 is 18.0 Å². The van der Waals surface area contributed by atoms with Crippen molar-refractivity contribution in [2.24, 2.45) is 16.8 Å². The summed E-state index contributed by atoms with van der Waals surface area (Å²) in [6.07, 6.45) is 2.39. The molecular formula is C27H29ClFN5O5S. The van der Waals surface area contributed by atoms with Gasteiger partial charge in [0.15, 0.2) is 10.8 Å². The van der Waals surface area contributed by atoms with Crippen LogP contribution in [-0.4, -0.2) is 78.5 Å². The number of hydrogen-bond acceptors (Lipinski definition) is 9. The number of rotatable bonds is 7. The smallest absolute Gasteiger partial charge is 0.338 e. The number of aromatic nitrogens is 1. The van der Waals surface area contributed by atoms with Crippen molar-refractivity contribution >= 4 is 46.7 Å². The van der Waals surface area contributed by atoms with Crippen LogP contribution in [0, 0.1) is 17.7 Å². The van der Waals surface area contributed by atoms with Crippen LogP contribution in [0.3, 0.4) is 0 Å². The van der Waals surface area contributed by atoms with Crippen LogP contribution in [0.15, 0.2) is 46.0 Å². The molecule has 1 aromatic carbocycles. The lowest BCUT2D eigenvalue weighted by atomic mass is 9.76. The van der Waals surface area contributed by atoms with E-state index in [0.717, 1.165) is 0 Å². The lowest BCUT2D eigenvalue weighted by molar-refractivity contribution is -0.151. The van der Waals surface area contributed by atoms with Crippen LogP contribution in [0.5, 0.6) is 0 Å². The van der Waals surface area contributed by atoms with E-state index in [-0.39, 0.29) is 41.6 Å². The number of allylic oxidation sites excluding steroid dienone is 1. The number of methoxy groups -OCH3 is 1. The van der Waals surface area contributed by atoms with E-state index >= 15 is 0 Å². The molecule has 1 aromatic heterocycles. The van der Waals surface area contributed by atoms with E-state index in [4.69, 9.17) is 26.1 Å². The number of aliphatic imine (C=N–C) groups is 1. The highest BCUT2D eigenvalue weighted by Crippen LogP contribution is 2.42. The predicted molar refractivity (Wildman–Crippen MR) is 146 cm³/mol. The maximum Gasteiger partial charge on any atom is 0.338 e. The molecule has 3 aliphatic rings. The van der Waals surface area contributed by atoms with Crippen molar-refractivity contribution in [1.29, 1.82) is 0 Å². The maximum atomic E-state index is 14.6. The summed E-state index contributed by atoms with van der Waals surface area (Å²) in [6, 6.07) is 2.90. The standard InChI is InChI=1S/C27H29ClFN5O5S/c1-4-39-26(36)20-17(12-14-8-10-34-18(13-33(2)27(34)37)19(14)25(35)38-3)31-23(24-30-9-11-40-24)32-22(20)15-6-5-7-16(29)21(15)28/h5-7,9,11,14,18-19,22H,4,8,10,12-13H2,1-3H3,(H,31,32)/t14?,18-,19+,22-/m0/s1. The van der Waals surface area contributed by atoms with Crippen LogP contribution in [0.4, 0.5) is 9.18 Å². The first kappa shape index (κ1) is 28.0. The second-order valence-electron chi connectivity index (χ2n) is 9.82. The maximum absolute atomic E-state index is 14.6. The van der Waals surface area contributed by atoms with E-state index < -0.39 is 29.7 Å². The number of carbonyl (C=O) groups is 3. The number of amidine groups is 1. The van der Waals surface area contributed by atoms with Crippen LogP contribution in [0.1, 0.15) is 36.4 Å². The fourth-order valence-electron chi connectivity index (χ4n) is 5.77. The number of carbonyl (C=O) groups excluding carboxylic acids is 3. The number of esters is 2. The second kappa shape index (κ2) is 11.5. The zero-order valence-corrected chi connectivity index (χ0v) is 23.8. The number of likely N-dealkylation sites (N-methyl/N-ethyl adjacent to an activating group) is 1. The molecule has 0 bridgehead atoms. The van der Waals surface area contributed by atoms with Gasteiger partial charge in [0, 0.05) is 43.0 Å². The number of urea groups is 1. The molecule has 5 rings (SSSR count). The average molecular weight is 590 g/mol. The fraction of sp³-hybridized carbons (Fsp3) is 0.444. The van der Waals surface area contributed by atoms with Gasteiger partial charge in [-0.15, -0.1) is 11.3 Å². The molecule has 4 heterocycles. The molecule has 1 unspecified atom stereocenters. The Morgan fingerprint density at radius 3 is 2.83 bits per heavy atom. The van der Waals surface area contributed by atoms with Crippen LogP contribution in [-0.2, 0) is 19.1 Å². The Bertz CT molecular complexity index is 1380. The summed E-state index contributed by atoms with van der Waals surface area (Å²) < 4.78 is 25.2. The molecule has 212 valence electrons. The lowest BCUT2D eigenvalue weighted by Gasteiger charge is -2.40. The molecule has 40 heavy (non-hydrogen) atoms. The number of hydrogen-bond donors (Lipinski definition) is 1. The van der Waals surface area contributed by atoms with Gasteiger partial charge in [0.1, 0.15) is 11.9 Å². The molecule has 13 heteroatoms. The predicted octanol–water partition coefficient (Wildman–Crippen LogP) is 3.78. The zero-order valence-electron chi connectivity index (χ0n) is 22.2. The summed E-state index contributed by atoms with van der Waals surface area (Å²) in [5.74, 6) is -2.19. The highest BCUT2D eigenvalue weighted by molar-refractivity contribution is 7.11. The summed E-state index contributed by atoms with van der Waals surface area (Å²) in [4.78, 5) is 51.7. The molecular weight excluding hydrogens is 561 g/mol. The molecule has 1 N–H and O–H groups in total. The number of fused-ring (bicyclic) bond motifs is 1. The number of halogens is 2. The van der Waals surface area contributed by atoms with Gasteiger partial charge < -0.3 is 24.6 Å². The molecule has 0 spiro atoms.